The van der Waals surface area contributed by atoms with E-state index in [4.69, 9.17) is 4.74 Å². The Kier molecular flexibility index (Phi) is 3.77. The van der Waals surface area contributed by atoms with Gasteiger partial charge in [0, 0.05) is 21.9 Å². The summed E-state index contributed by atoms with van der Waals surface area (Å²) in [5.74, 6) is 0.886. The van der Waals surface area contributed by atoms with Crippen molar-refractivity contribution in [3.8, 4) is 11.5 Å². The van der Waals surface area contributed by atoms with Crippen LogP contribution in [0.25, 0.3) is 12.2 Å². The van der Waals surface area contributed by atoms with Gasteiger partial charge < -0.3 is 4.74 Å². The summed E-state index contributed by atoms with van der Waals surface area (Å²) in [4.78, 5) is 26.9. The minimum atomic E-state index is -0.0958. The first kappa shape index (κ1) is 17.6. The van der Waals surface area contributed by atoms with Crippen LogP contribution in [0.2, 0.25) is 0 Å². The molecule has 0 heterocycles. The molecule has 0 atom stereocenters. The Hall–Kier alpha value is -4.24. The summed E-state index contributed by atoms with van der Waals surface area (Å²) < 4.78 is 6.30. The van der Waals surface area contributed by atoms with Crippen LogP contribution in [0.3, 0.4) is 0 Å². The van der Waals surface area contributed by atoms with E-state index in [1.807, 2.05) is 97.1 Å². The molecule has 3 nitrogen and oxygen atoms in total. The van der Waals surface area contributed by atoms with Crippen LogP contribution in [0.15, 0.2) is 84.9 Å². The number of carbonyl (C=O) groups excluding carboxylic acids is 2. The molecule has 0 bridgehead atoms. The zero-order valence-corrected chi connectivity index (χ0v) is 16.5. The highest BCUT2D eigenvalue weighted by Crippen LogP contribution is 2.29. The van der Waals surface area contributed by atoms with Crippen molar-refractivity contribution in [3.63, 3.8) is 0 Å². The summed E-state index contributed by atoms with van der Waals surface area (Å²) in [7, 11) is 0. The molecule has 0 saturated heterocycles. The highest BCUT2D eigenvalue weighted by Gasteiger charge is 2.29. The summed E-state index contributed by atoms with van der Waals surface area (Å²) in [5, 5.41) is 1.35. The number of para-hydroxylation sites is 1. The monoisotopic (exact) mass is 400 g/mol. The molecule has 4 aromatic carbocycles. The van der Waals surface area contributed by atoms with E-state index in [0.717, 1.165) is 11.1 Å². The maximum atomic E-state index is 13.5. The smallest absolute Gasteiger partial charge is 0.198 e. The fraction of sp³-hybridized carbons (Fsp3) is 0. The second-order valence-electron chi connectivity index (χ2n) is 7.67. The minimum Gasteiger partial charge on any atom is -0.456 e. The maximum Gasteiger partial charge on any atom is 0.198 e. The quantitative estimate of drug-likeness (QED) is 0.437. The van der Waals surface area contributed by atoms with Crippen molar-refractivity contribution in [2.75, 3.05) is 0 Å². The second kappa shape index (κ2) is 6.64. The Labute approximate surface area is 178 Å². The van der Waals surface area contributed by atoms with Gasteiger partial charge in [0.05, 0.1) is 5.56 Å². The van der Waals surface area contributed by atoms with E-state index in [1.165, 1.54) is 0 Å². The van der Waals surface area contributed by atoms with Crippen molar-refractivity contribution in [1.82, 2.24) is 0 Å². The van der Waals surface area contributed by atoms with Gasteiger partial charge in [-0.15, -0.1) is 0 Å². The Bertz CT molecular complexity index is 1530. The zero-order valence-electron chi connectivity index (χ0n) is 16.5. The molecule has 3 heteroatoms. The van der Waals surface area contributed by atoms with Crippen molar-refractivity contribution >= 4 is 23.7 Å². The van der Waals surface area contributed by atoms with E-state index in [9.17, 15) is 9.59 Å². The van der Waals surface area contributed by atoms with Gasteiger partial charge in [0.2, 0.25) is 0 Å². The number of carbonyl (C=O) groups is 2. The Morgan fingerprint density at radius 3 is 1.94 bits per heavy atom. The van der Waals surface area contributed by atoms with Crippen molar-refractivity contribution in [3.05, 3.63) is 129 Å². The van der Waals surface area contributed by atoms with Gasteiger partial charge in [-0.2, -0.15) is 0 Å². The summed E-state index contributed by atoms with van der Waals surface area (Å²) in [6, 6.07) is 26.2. The molecule has 2 aliphatic rings. The molecular weight excluding hydrogens is 384 g/mol. The van der Waals surface area contributed by atoms with Gasteiger partial charge in [-0.1, -0.05) is 66.7 Å². The molecule has 6 rings (SSSR count). The van der Waals surface area contributed by atoms with E-state index >= 15 is 0 Å². The lowest BCUT2D eigenvalue weighted by Crippen LogP contribution is -2.32. The molecule has 0 unspecified atom stereocenters. The van der Waals surface area contributed by atoms with E-state index < -0.39 is 0 Å². The van der Waals surface area contributed by atoms with E-state index in [-0.39, 0.29) is 11.6 Å². The Morgan fingerprint density at radius 2 is 1.19 bits per heavy atom. The number of rotatable bonds is 2. The molecule has 2 aliphatic carbocycles. The van der Waals surface area contributed by atoms with E-state index in [0.29, 0.717) is 44.2 Å². The van der Waals surface area contributed by atoms with Crippen molar-refractivity contribution in [2.45, 2.75) is 0 Å². The standard InChI is InChI=1S/C28H16O3/c29-26-21-12-6-5-9-18(21)15-24-23(26)16-19-14-17-8-4-7-13-22(17)27(30)25(19)28(24)31-20-10-2-1-3-11-20/h1-16H. The third-order valence-electron chi connectivity index (χ3n) is 5.81. The summed E-state index contributed by atoms with van der Waals surface area (Å²) in [6.07, 6.45) is 3.90. The molecule has 31 heavy (non-hydrogen) atoms. The summed E-state index contributed by atoms with van der Waals surface area (Å²) in [5.41, 5.74) is 4.00. The molecule has 0 saturated carbocycles. The lowest BCUT2D eigenvalue weighted by atomic mass is 9.84. The Balaban J connectivity index is 1.72. The number of hydrogen-bond acceptors (Lipinski definition) is 3. The van der Waals surface area contributed by atoms with Crippen LogP contribution in [0.5, 0.6) is 11.5 Å². The van der Waals surface area contributed by atoms with Gasteiger partial charge in [-0.05, 0) is 46.7 Å². The first-order valence-electron chi connectivity index (χ1n) is 10.1. The topological polar surface area (TPSA) is 43.4 Å². The van der Waals surface area contributed by atoms with Crippen LogP contribution in [0.4, 0.5) is 0 Å². The molecule has 0 fully saturated rings. The average Bonchev–Trinajstić information content (AvgIpc) is 2.81. The highest BCUT2D eigenvalue weighted by atomic mass is 16.5. The number of benzene rings is 4. The lowest BCUT2D eigenvalue weighted by Gasteiger charge is -2.21. The van der Waals surface area contributed by atoms with Crippen molar-refractivity contribution in [1.29, 1.82) is 0 Å². The van der Waals surface area contributed by atoms with Gasteiger partial charge in [-0.25, -0.2) is 0 Å². The third-order valence-corrected chi connectivity index (χ3v) is 5.81. The van der Waals surface area contributed by atoms with Crippen molar-refractivity contribution < 1.29 is 14.3 Å². The molecule has 0 aromatic heterocycles. The average molecular weight is 400 g/mol. The minimum absolute atomic E-state index is 0.0616. The van der Waals surface area contributed by atoms with Gasteiger partial charge in [0.1, 0.15) is 11.5 Å². The van der Waals surface area contributed by atoms with Crippen LogP contribution in [-0.4, -0.2) is 11.6 Å². The van der Waals surface area contributed by atoms with Gasteiger partial charge in [-0.3, -0.25) is 9.59 Å². The Morgan fingerprint density at radius 1 is 0.581 bits per heavy atom. The van der Waals surface area contributed by atoms with Crippen molar-refractivity contribution in [2.24, 2.45) is 0 Å². The van der Waals surface area contributed by atoms with E-state index in [1.54, 1.807) is 0 Å². The normalized spacial score (nSPS) is 13.2. The van der Waals surface area contributed by atoms with Crippen LogP contribution >= 0.6 is 0 Å². The zero-order chi connectivity index (χ0) is 20.9. The van der Waals surface area contributed by atoms with Crippen LogP contribution in [-0.2, 0) is 0 Å². The van der Waals surface area contributed by atoms with Gasteiger partial charge in [0.25, 0.3) is 0 Å². The fourth-order valence-electron chi connectivity index (χ4n) is 4.35. The molecule has 4 aromatic rings. The predicted octanol–water partition coefficient (Wildman–Crippen LogP) is 4.23. The first-order chi connectivity index (χ1) is 15.2. The fourth-order valence-corrected chi connectivity index (χ4v) is 4.35. The van der Waals surface area contributed by atoms with Gasteiger partial charge in [0.15, 0.2) is 11.6 Å². The van der Waals surface area contributed by atoms with E-state index in [2.05, 4.69) is 0 Å². The second-order valence-corrected chi connectivity index (χ2v) is 7.67. The molecule has 146 valence electrons. The number of hydrogen-bond donors (Lipinski definition) is 0. The summed E-state index contributed by atoms with van der Waals surface area (Å²) in [6.45, 7) is 0. The number of ketones is 2. The van der Waals surface area contributed by atoms with Crippen LogP contribution in [0, 0.1) is 0 Å². The highest BCUT2D eigenvalue weighted by molar-refractivity contribution is 6.18. The molecule has 0 aliphatic heterocycles. The molecule has 0 radical (unpaired) electrons. The SMILES string of the molecule is O=C1c2ccccc2C=c2cc3c(c(Oc4ccccc4)c21)=Cc1ccccc1C3=O. The van der Waals surface area contributed by atoms with Crippen LogP contribution in [0.1, 0.15) is 43.0 Å². The predicted molar refractivity (Wildman–Crippen MR) is 119 cm³/mol. The van der Waals surface area contributed by atoms with Crippen LogP contribution < -0.4 is 15.2 Å². The third kappa shape index (κ3) is 2.67. The number of ether oxygens (including phenoxy) is 1. The first-order valence-corrected chi connectivity index (χ1v) is 10.1. The molecule has 0 N–H and O–H groups in total. The summed E-state index contributed by atoms with van der Waals surface area (Å²) >= 11 is 0. The molecule has 0 spiro atoms. The molecular formula is C28H16O3. The molecule has 0 amide bonds. The van der Waals surface area contributed by atoms with Gasteiger partial charge >= 0.3 is 0 Å². The number of fused-ring (bicyclic) bond motifs is 4. The maximum absolute atomic E-state index is 13.5. The lowest BCUT2D eigenvalue weighted by molar-refractivity contribution is 0.102. The largest absolute Gasteiger partial charge is 0.456 e.